The average Bonchev–Trinajstić information content (AvgIpc) is 2.54. The van der Waals surface area contributed by atoms with Crippen molar-refractivity contribution in [2.75, 3.05) is 0 Å². The van der Waals surface area contributed by atoms with Gasteiger partial charge in [0.1, 0.15) is 22.4 Å². The molecular weight excluding hydrogens is 364 g/mol. The van der Waals surface area contributed by atoms with Crippen molar-refractivity contribution in [3.8, 4) is 5.75 Å². The summed E-state index contributed by atoms with van der Waals surface area (Å²) in [5.41, 5.74) is 0.918. The van der Waals surface area contributed by atoms with Crippen LogP contribution in [0.2, 0.25) is 0 Å². The normalized spacial score (nSPS) is 10.7. The fourth-order valence-electron chi connectivity index (χ4n) is 2.12. The molecule has 0 amide bonds. The van der Waals surface area contributed by atoms with Gasteiger partial charge < -0.3 is 14.3 Å². The number of benzene rings is 2. The summed E-state index contributed by atoms with van der Waals surface area (Å²) in [6.45, 7) is 0.216. The van der Waals surface area contributed by atoms with Gasteiger partial charge in [-0.05, 0) is 51.8 Å². The van der Waals surface area contributed by atoms with E-state index in [2.05, 4.69) is 15.9 Å². The van der Waals surface area contributed by atoms with E-state index in [4.69, 9.17) is 14.3 Å². The van der Waals surface area contributed by atoms with E-state index >= 15 is 0 Å². The van der Waals surface area contributed by atoms with E-state index < -0.39 is 11.6 Å². The molecule has 2 aromatic carbocycles. The van der Waals surface area contributed by atoms with Crippen LogP contribution >= 0.6 is 15.9 Å². The second kappa shape index (κ2) is 6.26. The lowest BCUT2D eigenvalue weighted by molar-refractivity contribution is 0.0696. The summed E-state index contributed by atoms with van der Waals surface area (Å²) in [4.78, 5) is 22.5. The van der Waals surface area contributed by atoms with Crippen molar-refractivity contribution < 1.29 is 19.1 Å². The van der Waals surface area contributed by atoms with E-state index in [0.29, 0.717) is 15.8 Å². The number of fused-ring (bicyclic) bond motifs is 1. The molecule has 116 valence electrons. The number of halogens is 1. The van der Waals surface area contributed by atoms with E-state index in [-0.39, 0.29) is 12.2 Å². The van der Waals surface area contributed by atoms with Gasteiger partial charge in [0.25, 0.3) is 0 Å². The molecule has 0 aliphatic rings. The van der Waals surface area contributed by atoms with Gasteiger partial charge in [-0.3, -0.25) is 0 Å². The van der Waals surface area contributed by atoms with Crippen molar-refractivity contribution in [3.63, 3.8) is 0 Å². The van der Waals surface area contributed by atoms with Crippen LogP contribution in [-0.4, -0.2) is 11.1 Å². The lowest BCUT2D eigenvalue weighted by Crippen LogP contribution is -2.01. The molecule has 3 aromatic rings. The third-order valence-corrected chi connectivity index (χ3v) is 3.80. The van der Waals surface area contributed by atoms with E-state index in [1.54, 1.807) is 42.5 Å². The molecule has 0 bridgehead atoms. The maximum absolute atomic E-state index is 11.5. The van der Waals surface area contributed by atoms with Crippen LogP contribution in [-0.2, 0) is 6.61 Å². The van der Waals surface area contributed by atoms with Crippen LogP contribution < -0.4 is 10.4 Å². The van der Waals surface area contributed by atoms with E-state index in [1.165, 1.54) is 6.07 Å². The van der Waals surface area contributed by atoms with Crippen molar-refractivity contribution in [1.82, 2.24) is 0 Å². The molecule has 1 heterocycles. The number of rotatable bonds is 4. The van der Waals surface area contributed by atoms with Gasteiger partial charge in [0.2, 0.25) is 0 Å². The molecule has 23 heavy (non-hydrogen) atoms. The summed E-state index contributed by atoms with van der Waals surface area (Å²) in [5.74, 6) is -0.450. The SMILES string of the molecule is O=C(O)c1cccc(COc2ccc3cc(Br)c(=O)oc3c2)c1. The zero-order valence-electron chi connectivity index (χ0n) is 11.8. The van der Waals surface area contributed by atoms with Crippen molar-refractivity contribution in [3.05, 3.63) is 74.6 Å². The second-order valence-corrected chi connectivity index (χ2v) is 5.73. The predicted octanol–water partition coefficient (Wildman–Crippen LogP) is 3.83. The molecule has 3 rings (SSSR count). The fourth-order valence-corrected chi connectivity index (χ4v) is 2.44. The molecule has 0 saturated heterocycles. The molecule has 6 heteroatoms. The number of carboxylic acid groups (broad SMARTS) is 1. The summed E-state index contributed by atoms with van der Waals surface area (Å²) >= 11 is 3.13. The lowest BCUT2D eigenvalue weighted by Gasteiger charge is -2.07. The Morgan fingerprint density at radius 3 is 2.78 bits per heavy atom. The van der Waals surface area contributed by atoms with Crippen LogP contribution in [0.25, 0.3) is 11.0 Å². The van der Waals surface area contributed by atoms with E-state index in [9.17, 15) is 9.59 Å². The Kier molecular flexibility index (Phi) is 4.16. The second-order valence-electron chi connectivity index (χ2n) is 4.88. The summed E-state index contributed by atoms with van der Waals surface area (Å²) < 4.78 is 11.2. The van der Waals surface area contributed by atoms with Crippen molar-refractivity contribution in [2.24, 2.45) is 0 Å². The Labute approximate surface area is 139 Å². The zero-order chi connectivity index (χ0) is 16.4. The first-order valence-electron chi connectivity index (χ1n) is 6.71. The van der Waals surface area contributed by atoms with Gasteiger partial charge >= 0.3 is 11.6 Å². The number of carbonyl (C=O) groups is 1. The van der Waals surface area contributed by atoms with Crippen LogP contribution in [0.5, 0.6) is 5.75 Å². The molecule has 0 aliphatic carbocycles. The maximum atomic E-state index is 11.5. The third kappa shape index (κ3) is 3.43. The number of hydrogen-bond acceptors (Lipinski definition) is 4. The summed E-state index contributed by atoms with van der Waals surface area (Å²) in [5, 5.41) is 9.75. The Hall–Kier alpha value is -2.60. The highest BCUT2D eigenvalue weighted by atomic mass is 79.9. The Bertz CT molecular complexity index is 945. The van der Waals surface area contributed by atoms with Gasteiger partial charge in [0, 0.05) is 11.5 Å². The van der Waals surface area contributed by atoms with Crippen LogP contribution in [0.3, 0.4) is 0 Å². The topological polar surface area (TPSA) is 76.7 Å². The number of ether oxygens (including phenoxy) is 1. The van der Waals surface area contributed by atoms with Crippen molar-refractivity contribution >= 4 is 32.9 Å². The van der Waals surface area contributed by atoms with Gasteiger partial charge in [-0.25, -0.2) is 9.59 Å². The van der Waals surface area contributed by atoms with Gasteiger partial charge in [-0.15, -0.1) is 0 Å². The molecular formula is C17H11BrO5. The highest BCUT2D eigenvalue weighted by Gasteiger charge is 2.06. The molecule has 0 atom stereocenters. The fraction of sp³-hybridized carbons (Fsp3) is 0.0588. The van der Waals surface area contributed by atoms with Crippen molar-refractivity contribution in [2.45, 2.75) is 6.61 Å². The van der Waals surface area contributed by atoms with E-state index in [1.807, 2.05) is 0 Å². The van der Waals surface area contributed by atoms with Gasteiger partial charge in [-0.2, -0.15) is 0 Å². The van der Waals surface area contributed by atoms with Crippen LogP contribution in [0.15, 0.2) is 62.2 Å². The first-order chi connectivity index (χ1) is 11.0. The maximum Gasteiger partial charge on any atom is 0.350 e. The monoisotopic (exact) mass is 374 g/mol. The minimum atomic E-state index is -0.982. The van der Waals surface area contributed by atoms with Gasteiger partial charge in [0.05, 0.1) is 5.56 Å². The quantitative estimate of drug-likeness (QED) is 0.702. The largest absolute Gasteiger partial charge is 0.489 e. The summed E-state index contributed by atoms with van der Waals surface area (Å²) in [6.07, 6.45) is 0. The number of hydrogen-bond donors (Lipinski definition) is 1. The van der Waals surface area contributed by atoms with E-state index in [0.717, 1.165) is 10.9 Å². The minimum absolute atomic E-state index is 0.209. The number of aromatic carboxylic acids is 1. The molecule has 0 aliphatic heterocycles. The lowest BCUT2D eigenvalue weighted by atomic mass is 10.1. The highest BCUT2D eigenvalue weighted by Crippen LogP contribution is 2.22. The molecule has 0 spiro atoms. The molecule has 0 fully saturated rings. The Balaban J connectivity index is 1.82. The number of carboxylic acids is 1. The molecule has 0 radical (unpaired) electrons. The summed E-state index contributed by atoms with van der Waals surface area (Å²) in [6, 6.07) is 13.4. The smallest absolute Gasteiger partial charge is 0.350 e. The van der Waals surface area contributed by atoms with Crippen LogP contribution in [0.1, 0.15) is 15.9 Å². The predicted molar refractivity (Wildman–Crippen MR) is 87.9 cm³/mol. The van der Waals surface area contributed by atoms with Crippen molar-refractivity contribution in [1.29, 1.82) is 0 Å². The molecule has 5 nitrogen and oxygen atoms in total. The van der Waals surface area contributed by atoms with Crippen LogP contribution in [0.4, 0.5) is 0 Å². The zero-order valence-corrected chi connectivity index (χ0v) is 13.4. The van der Waals surface area contributed by atoms with Gasteiger partial charge in [0.15, 0.2) is 0 Å². The molecule has 0 unspecified atom stereocenters. The third-order valence-electron chi connectivity index (χ3n) is 3.24. The Morgan fingerprint density at radius 1 is 1.17 bits per heavy atom. The first kappa shape index (κ1) is 15.3. The molecule has 1 aromatic heterocycles. The summed E-state index contributed by atoms with van der Waals surface area (Å²) in [7, 11) is 0. The Morgan fingerprint density at radius 2 is 2.00 bits per heavy atom. The molecule has 1 N–H and O–H groups in total. The van der Waals surface area contributed by atoms with Crippen LogP contribution in [0, 0.1) is 0 Å². The van der Waals surface area contributed by atoms with Gasteiger partial charge in [-0.1, -0.05) is 12.1 Å². The first-order valence-corrected chi connectivity index (χ1v) is 7.51. The minimum Gasteiger partial charge on any atom is -0.489 e. The standard InChI is InChI=1S/C17H11BrO5/c18-14-7-11-4-5-13(8-15(11)23-17(14)21)22-9-10-2-1-3-12(6-10)16(19)20/h1-8H,9H2,(H,19,20). The average molecular weight is 375 g/mol. The highest BCUT2D eigenvalue weighted by molar-refractivity contribution is 9.10. The molecule has 0 saturated carbocycles.